The van der Waals surface area contributed by atoms with Gasteiger partial charge in [0.25, 0.3) is 0 Å². The van der Waals surface area contributed by atoms with E-state index in [0.29, 0.717) is 31.0 Å². The van der Waals surface area contributed by atoms with Crippen LogP contribution in [-0.4, -0.2) is 29.8 Å². The van der Waals surface area contributed by atoms with Crippen molar-refractivity contribution in [3.8, 4) is 0 Å². The molecule has 5 heteroatoms. The Hall–Kier alpha value is -0.940. The predicted molar refractivity (Wildman–Crippen MR) is 56.6 cm³/mol. The summed E-state index contributed by atoms with van der Waals surface area (Å²) in [6, 6.07) is 0.311. The van der Waals surface area contributed by atoms with Crippen molar-refractivity contribution in [2.45, 2.75) is 39.3 Å². The zero-order valence-corrected chi connectivity index (χ0v) is 9.78. The minimum Gasteiger partial charge on any atom is -0.374 e. The Morgan fingerprint density at radius 3 is 2.80 bits per heavy atom. The number of nitrogens with one attached hydrogen (secondary N) is 1. The average Bonchev–Trinajstić information content (AvgIpc) is 2.72. The van der Waals surface area contributed by atoms with Crippen molar-refractivity contribution in [1.29, 1.82) is 0 Å². The Morgan fingerprint density at radius 2 is 2.20 bits per heavy atom. The Morgan fingerprint density at radius 1 is 1.47 bits per heavy atom. The molecular formula is C10H19N3O2. The molecule has 0 fully saturated rings. The molecule has 5 nitrogen and oxygen atoms in total. The Balaban J connectivity index is 2.58. The van der Waals surface area contributed by atoms with Crippen LogP contribution in [0.1, 0.15) is 38.4 Å². The van der Waals surface area contributed by atoms with E-state index in [4.69, 9.17) is 9.26 Å². The highest BCUT2D eigenvalue weighted by atomic mass is 16.5. The van der Waals surface area contributed by atoms with Gasteiger partial charge in [-0.3, -0.25) is 0 Å². The van der Waals surface area contributed by atoms with Gasteiger partial charge in [-0.15, -0.1) is 0 Å². The molecule has 1 aromatic rings. The highest BCUT2D eigenvalue weighted by Gasteiger charge is 2.19. The van der Waals surface area contributed by atoms with Crippen LogP contribution in [0.3, 0.4) is 0 Å². The number of likely N-dealkylation sites (N-methyl/N-ethyl adjacent to an activating group) is 1. The van der Waals surface area contributed by atoms with E-state index in [9.17, 15) is 0 Å². The lowest BCUT2D eigenvalue weighted by atomic mass is 10.0. The molecule has 1 N–H and O–H groups in total. The monoisotopic (exact) mass is 213 g/mol. The van der Waals surface area contributed by atoms with Crippen molar-refractivity contribution < 1.29 is 9.26 Å². The van der Waals surface area contributed by atoms with Crippen LogP contribution >= 0.6 is 0 Å². The molecule has 0 saturated carbocycles. The predicted octanol–water partition coefficient (Wildman–Crippen LogP) is 1.32. The first-order chi connectivity index (χ1) is 7.19. The summed E-state index contributed by atoms with van der Waals surface area (Å²) in [5.74, 6) is 1.48. The number of rotatable bonds is 6. The quantitative estimate of drug-likeness (QED) is 0.772. The maximum atomic E-state index is 5.20. The van der Waals surface area contributed by atoms with Gasteiger partial charge in [0, 0.05) is 12.6 Å². The molecule has 2 unspecified atom stereocenters. The molecule has 0 aliphatic heterocycles. The van der Waals surface area contributed by atoms with E-state index >= 15 is 0 Å². The molecule has 0 aliphatic carbocycles. The summed E-state index contributed by atoms with van der Waals surface area (Å²) >= 11 is 0. The van der Waals surface area contributed by atoms with E-state index in [1.54, 1.807) is 0 Å². The van der Waals surface area contributed by atoms with Gasteiger partial charge in [-0.25, -0.2) is 0 Å². The molecule has 1 aromatic heterocycles. The summed E-state index contributed by atoms with van der Waals surface area (Å²) in [7, 11) is 1.92. The van der Waals surface area contributed by atoms with Gasteiger partial charge in [-0.1, -0.05) is 12.1 Å². The Bertz CT molecular complexity index is 288. The largest absolute Gasteiger partial charge is 0.374 e. The van der Waals surface area contributed by atoms with Gasteiger partial charge in [-0.2, -0.15) is 4.98 Å². The molecule has 1 heterocycles. The fourth-order valence-electron chi connectivity index (χ4n) is 1.17. The highest BCUT2D eigenvalue weighted by Crippen LogP contribution is 2.16. The van der Waals surface area contributed by atoms with Gasteiger partial charge in [0.1, 0.15) is 6.61 Å². The van der Waals surface area contributed by atoms with Crippen LogP contribution in [0.2, 0.25) is 0 Å². The number of ether oxygens (including phenoxy) is 1. The zero-order chi connectivity index (χ0) is 11.3. The first kappa shape index (κ1) is 12.1. The summed E-state index contributed by atoms with van der Waals surface area (Å²) in [6.45, 7) is 7.15. The molecule has 0 bridgehead atoms. The van der Waals surface area contributed by atoms with E-state index < -0.39 is 0 Å². The Labute approximate surface area is 90.2 Å². The maximum absolute atomic E-state index is 5.20. The van der Waals surface area contributed by atoms with Gasteiger partial charge < -0.3 is 14.6 Å². The standard InChI is InChI=1S/C10H19N3O2/c1-5-14-6-9-12-10(15-13-9)7(2)8(3)11-4/h7-8,11H,5-6H2,1-4H3. The first-order valence-electron chi connectivity index (χ1n) is 5.26. The lowest BCUT2D eigenvalue weighted by Crippen LogP contribution is -2.27. The van der Waals surface area contributed by atoms with Gasteiger partial charge in [-0.05, 0) is 20.9 Å². The number of aromatic nitrogens is 2. The number of nitrogens with zero attached hydrogens (tertiary/aromatic N) is 2. The van der Waals surface area contributed by atoms with Crippen LogP contribution in [0, 0.1) is 0 Å². The van der Waals surface area contributed by atoms with E-state index in [1.165, 1.54) is 0 Å². The summed E-state index contributed by atoms with van der Waals surface area (Å²) < 4.78 is 10.4. The molecule has 1 rings (SSSR count). The normalized spacial score (nSPS) is 15.2. The molecule has 0 radical (unpaired) electrons. The second-order valence-corrected chi connectivity index (χ2v) is 3.55. The number of hydrogen-bond acceptors (Lipinski definition) is 5. The lowest BCUT2D eigenvalue weighted by molar-refractivity contribution is 0.126. The van der Waals surface area contributed by atoms with Crippen LogP contribution in [-0.2, 0) is 11.3 Å². The Kier molecular flexibility index (Phi) is 4.71. The summed E-state index contributed by atoms with van der Waals surface area (Å²) in [5, 5.41) is 7.01. The van der Waals surface area contributed by atoms with Crippen LogP contribution in [0.15, 0.2) is 4.52 Å². The topological polar surface area (TPSA) is 60.2 Å². The lowest BCUT2D eigenvalue weighted by Gasteiger charge is -2.14. The van der Waals surface area contributed by atoms with Gasteiger partial charge in [0.05, 0.1) is 5.92 Å². The third-order valence-corrected chi connectivity index (χ3v) is 2.51. The van der Waals surface area contributed by atoms with Crippen molar-refractivity contribution in [1.82, 2.24) is 15.5 Å². The van der Waals surface area contributed by atoms with Gasteiger partial charge in [0.15, 0.2) is 5.82 Å². The second kappa shape index (κ2) is 5.82. The van der Waals surface area contributed by atoms with Crippen molar-refractivity contribution in [2.75, 3.05) is 13.7 Å². The summed E-state index contributed by atoms with van der Waals surface area (Å²) in [4.78, 5) is 4.27. The van der Waals surface area contributed by atoms with Crippen LogP contribution in [0.5, 0.6) is 0 Å². The molecule has 0 saturated heterocycles. The van der Waals surface area contributed by atoms with E-state index in [-0.39, 0.29) is 5.92 Å². The molecule has 0 aliphatic rings. The van der Waals surface area contributed by atoms with Gasteiger partial charge >= 0.3 is 0 Å². The average molecular weight is 213 g/mol. The molecule has 0 spiro atoms. The van der Waals surface area contributed by atoms with E-state index in [2.05, 4.69) is 29.3 Å². The molecule has 15 heavy (non-hydrogen) atoms. The summed E-state index contributed by atoms with van der Waals surface area (Å²) in [5.41, 5.74) is 0. The third-order valence-electron chi connectivity index (χ3n) is 2.51. The van der Waals surface area contributed by atoms with Crippen molar-refractivity contribution in [2.24, 2.45) is 0 Å². The minimum atomic E-state index is 0.206. The van der Waals surface area contributed by atoms with E-state index in [1.807, 2.05) is 14.0 Å². The number of hydrogen-bond donors (Lipinski definition) is 1. The maximum Gasteiger partial charge on any atom is 0.231 e. The first-order valence-corrected chi connectivity index (χ1v) is 5.26. The molecular weight excluding hydrogens is 194 g/mol. The molecule has 2 atom stereocenters. The van der Waals surface area contributed by atoms with E-state index in [0.717, 1.165) is 0 Å². The molecule has 0 amide bonds. The second-order valence-electron chi connectivity index (χ2n) is 3.55. The fourth-order valence-corrected chi connectivity index (χ4v) is 1.17. The SMILES string of the molecule is CCOCc1noc(C(C)C(C)NC)n1. The van der Waals surface area contributed by atoms with Crippen LogP contribution < -0.4 is 5.32 Å². The third kappa shape index (κ3) is 3.28. The molecule has 86 valence electrons. The summed E-state index contributed by atoms with van der Waals surface area (Å²) in [6.07, 6.45) is 0. The van der Waals surface area contributed by atoms with Crippen molar-refractivity contribution in [3.05, 3.63) is 11.7 Å². The zero-order valence-electron chi connectivity index (χ0n) is 9.78. The van der Waals surface area contributed by atoms with Crippen molar-refractivity contribution in [3.63, 3.8) is 0 Å². The smallest absolute Gasteiger partial charge is 0.231 e. The highest BCUT2D eigenvalue weighted by molar-refractivity contribution is 4.95. The van der Waals surface area contributed by atoms with Crippen LogP contribution in [0.4, 0.5) is 0 Å². The molecule has 0 aromatic carbocycles. The van der Waals surface area contributed by atoms with Crippen molar-refractivity contribution >= 4 is 0 Å². The fraction of sp³-hybridized carbons (Fsp3) is 0.800. The van der Waals surface area contributed by atoms with Crippen LogP contribution in [0.25, 0.3) is 0 Å². The van der Waals surface area contributed by atoms with Gasteiger partial charge in [0.2, 0.25) is 5.89 Å². The minimum absolute atomic E-state index is 0.206.